The summed E-state index contributed by atoms with van der Waals surface area (Å²) in [5, 5.41) is 3.60. The molecule has 0 aromatic carbocycles. The van der Waals surface area contributed by atoms with Crippen LogP contribution in [0, 0.1) is 12.8 Å². The van der Waals surface area contributed by atoms with E-state index in [9.17, 15) is 0 Å². The van der Waals surface area contributed by atoms with Crippen LogP contribution in [0.5, 0.6) is 0 Å². The molecule has 0 radical (unpaired) electrons. The van der Waals surface area contributed by atoms with E-state index in [1.54, 1.807) is 0 Å². The summed E-state index contributed by atoms with van der Waals surface area (Å²) >= 11 is 0. The summed E-state index contributed by atoms with van der Waals surface area (Å²) in [6, 6.07) is 0.948. The van der Waals surface area contributed by atoms with E-state index in [0.717, 1.165) is 30.9 Å². The average molecular weight is 248 g/mol. The molecule has 4 heteroatoms. The maximum Gasteiger partial charge on any atom is 0.105 e. The fourth-order valence-electron chi connectivity index (χ4n) is 2.95. The second-order valence-electron chi connectivity index (χ2n) is 5.75. The van der Waals surface area contributed by atoms with Crippen LogP contribution < -0.4 is 5.32 Å². The number of nitrogens with one attached hydrogen (secondary N) is 1. The SMILES string of the molecule is Cc1nccn1CCNCC1CCN(C2CC2)C1. The average Bonchev–Trinajstić information content (AvgIpc) is 2.98. The molecule has 2 fully saturated rings. The molecule has 1 aliphatic carbocycles. The molecule has 2 heterocycles. The molecular formula is C14H24N4. The van der Waals surface area contributed by atoms with E-state index < -0.39 is 0 Å². The molecule has 1 atom stereocenters. The number of rotatable bonds is 6. The normalized spacial score (nSPS) is 24.8. The van der Waals surface area contributed by atoms with Gasteiger partial charge in [-0.25, -0.2) is 4.98 Å². The van der Waals surface area contributed by atoms with Crippen LogP contribution in [0.15, 0.2) is 12.4 Å². The quantitative estimate of drug-likeness (QED) is 0.770. The van der Waals surface area contributed by atoms with Crippen LogP contribution in [0.1, 0.15) is 25.1 Å². The van der Waals surface area contributed by atoms with Gasteiger partial charge in [0.1, 0.15) is 5.82 Å². The van der Waals surface area contributed by atoms with Gasteiger partial charge in [0.25, 0.3) is 0 Å². The van der Waals surface area contributed by atoms with Crippen molar-refractivity contribution in [2.75, 3.05) is 26.2 Å². The first kappa shape index (κ1) is 12.2. The lowest BCUT2D eigenvalue weighted by Gasteiger charge is -2.15. The van der Waals surface area contributed by atoms with Crippen molar-refractivity contribution in [2.45, 2.75) is 38.8 Å². The summed E-state index contributed by atoms with van der Waals surface area (Å²) in [5.41, 5.74) is 0. The van der Waals surface area contributed by atoms with Crippen LogP contribution in [0.25, 0.3) is 0 Å². The lowest BCUT2D eigenvalue weighted by Crippen LogP contribution is -2.29. The summed E-state index contributed by atoms with van der Waals surface area (Å²) in [6.45, 7) is 7.98. The van der Waals surface area contributed by atoms with Gasteiger partial charge < -0.3 is 14.8 Å². The van der Waals surface area contributed by atoms with Crippen LogP contribution in [-0.4, -0.2) is 46.7 Å². The van der Waals surface area contributed by atoms with Crippen molar-refractivity contribution in [3.63, 3.8) is 0 Å². The molecule has 2 aliphatic rings. The summed E-state index contributed by atoms with van der Waals surface area (Å²) in [6.07, 6.45) is 8.20. The van der Waals surface area contributed by atoms with Gasteiger partial charge >= 0.3 is 0 Å². The predicted octanol–water partition coefficient (Wildman–Crippen LogP) is 1.27. The van der Waals surface area contributed by atoms with Crippen molar-refractivity contribution in [1.29, 1.82) is 0 Å². The highest BCUT2D eigenvalue weighted by atomic mass is 15.2. The smallest absolute Gasteiger partial charge is 0.105 e. The van der Waals surface area contributed by atoms with E-state index in [1.807, 2.05) is 6.20 Å². The van der Waals surface area contributed by atoms with Crippen LogP contribution in [0.3, 0.4) is 0 Å². The van der Waals surface area contributed by atoms with Crippen LogP contribution in [0.2, 0.25) is 0 Å². The number of aryl methyl sites for hydroxylation is 1. The fraction of sp³-hybridized carbons (Fsp3) is 0.786. The standard InChI is InChI=1S/C14H24N4/c1-12-16-6-9-17(12)8-5-15-10-13-4-7-18(11-13)14-2-3-14/h6,9,13-15H,2-5,7-8,10-11H2,1H3. The monoisotopic (exact) mass is 248 g/mol. The highest BCUT2D eigenvalue weighted by Crippen LogP contribution is 2.31. The van der Waals surface area contributed by atoms with Gasteiger partial charge in [-0.2, -0.15) is 0 Å². The lowest BCUT2D eigenvalue weighted by molar-refractivity contribution is 0.311. The highest BCUT2D eigenvalue weighted by Gasteiger charge is 2.33. The van der Waals surface area contributed by atoms with Crippen molar-refractivity contribution < 1.29 is 0 Å². The zero-order valence-corrected chi connectivity index (χ0v) is 11.3. The minimum absolute atomic E-state index is 0.870. The van der Waals surface area contributed by atoms with E-state index in [0.29, 0.717) is 0 Å². The van der Waals surface area contributed by atoms with E-state index in [1.165, 1.54) is 38.9 Å². The Labute approximate surface area is 109 Å². The van der Waals surface area contributed by atoms with Crippen molar-refractivity contribution in [2.24, 2.45) is 5.92 Å². The Hall–Kier alpha value is -0.870. The minimum atomic E-state index is 0.870. The van der Waals surface area contributed by atoms with Crippen LogP contribution in [0.4, 0.5) is 0 Å². The molecule has 0 amide bonds. The predicted molar refractivity (Wildman–Crippen MR) is 72.5 cm³/mol. The third-order valence-corrected chi connectivity index (χ3v) is 4.27. The molecule has 18 heavy (non-hydrogen) atoms. The maximum atomic E-state index is 4.24. The molecule has 4 nitrogen and oxygen atoms in total. The second-order valence-corrected chi connectivity index (χ2v) is 5.75. The number of hydrogen-bond donors (Lipinski definition) is 1. The summed E-state index contributed by atoms with van der Waals surface area (Å²) in [7, 11) is 0. The third-order valence-electron chi connectivity index (χ3n) is 4.27. The third kappa shape index (κ3) is 2.93. The van der Waals surface area contributed by atoms with Crippen LogP contribution >= 0.6 is 0 Å². The van der Waals surface area contributed by atoms with Gasteiger partial charge in [0.15, 0.2) is 0 Å². The molecule has 100 valence electrons. The largest absolute Gasteiger partial charge is 0.334 e. The summed E-state index contributed by atoms with van der Waals surface area (Å²) in [4.78, 5) is 6.92. The van der Waals surface area contributed by atoms with Gasteiger partial charge in [0.2, 0.25) is 0 Å². The molecule has 1 unspecified atom stereocenters. The van der Waals surface area contributed by atoms with Crippen molar-refractivity contribution in [3.05, 3.63) is 18.2 Å². The number of hydrogen-bond acceptors (Lipinski definition) is 3. The molecule has 3 rings (SSSR count). The highest BCUT2D eigenvalue weighted by molar-refractivity contribution is 4.90. The Bertz CT molecular complexity index is 383. The zero-order chi connectivity index (χ0) is 12.4. The Kier molecular flexibility index (Phi) is 3.66. The van der Waals surface area contributed by atoms with Crippen LogP contribution in [-0.2, 0) is 6.54 Å². The van der Waals surface area contributed by atoms with E-state index in [4.69, 9.17) is 0 Å². The van der Waals surface area contributed by atoms with Gasteiger partial charge in [0, 0.05) is 38.1 Å². The summed E-state index contributed by atoms with van der Waals surface area (Å²) < 4.78 is 2.21. The first-order valence-corrected chi connectivity index (χ1v) is 7.25. The number of imidazole rings is 1. The van der Waals surface area contributed by atoms with Crippen molar-refractivity contribution >= 4 is 0 Å². The summed E-state index contributed by atoms with van der Waals surface area (Å²) in [5.74, 6) is 1.98. The second kappa shape index (κ2) is 5.41. The van der Waals surface area contributed by atoms with Crippen molar-refractivity contribution in [3.8, 4) is 0 Å². The molecule has 1 saturated heterocycles. The Morgan fingerprint density at radius 1 is 1.39 bits per heavy atom. The van der Waals surface area contributed by atoms with E-state index in [2.05, 4.69) is 32.9 Å². The molecule has 0 spiro atoms. The Balaban J connectivity index is 1.32. The molecule has 1 aromatic heterocycles. The molecule has 1 aromatic rings. The zero-order valence-electron chi connectivity index (χ0n) is 11.3. The topological polar surface area (TPSA) is 33.1 Å². The van der Waals surface area contributed by atoms with Gasteiger partial charge in [-0.15, -0.1) is 0 Å². The lowest BCUT2D eigenvalue weighted by atomic mass is 10.1. The number of likely N-dealkylation sites (tertiary alicyclic amines) is 1. The van der Waals surface area contributed by atoms with Gasteiger partial charge in [-0.3, -0.25) is 0 Å². The van der Waals surface area contributed by atoms with Gasteiger partial charge in [-0.1, -0.05) is 0 Å². The first-order valence-electron chi connectivity index (χ1n) is 7.25. The number of nitrogens with zero attached hydrogens (tertiary/aromatic N) is 3. The Morgan fingerprint density at radius 2 is 2.28 bits per heavy atom. The number of aromatic nitrogens is 2. The first-order chi connectivity index (χ1) is 8.83. The maximum absolute atomic E-state index is 4.24. The van der Waals surface area contributed by atoms with E-state index >= 15 is 0 Å². The van der Waals surface area contributed by atoms with Gasteiger partial charge in [-0.05, 0) is 45.2 Å². The fourth-order valence-corrected chi connectivity index (χ4v) is 2.95. The minimum Gasteiger partial charge on any atom is -0.334 e. The molecule has 1 saturated carbocycles. The molecular weight excluding hydrogens is 224 g/mol. The van der Waals surface area contributed by atoms with Gasteiger partial charge in [0.05, 0.1) is 0 Å². The van der Waals surface area contributed by atoms with E-state index in [-0.39, 0.29) is 0 Å². The van der Waals surface area contributed by atoms with Crippen molar-refractivity contribution in [1.82, 2.24) is 19.8 Å². The Morgan fingerprint density at radius 3 is 3.00 bits per heavy atom. The molecule has 0 bridgehead atoms. The molecule has 1 N–H and O–H groups in total. The molecule has 1 aliphatic heterocycles.